The van der Waals surface area contributed by atoms with E-state index in [-0.39, 0.29) is 5.76 Å². The van der Waals surface area contributed by atoms with Crippen LogP contribution in [-0.4, -0.2) is 16.8 Å². The van der Waals surface area contributed by atoms with Crippen LogP contribution in [0.1, 0.15) is 22.5 Å². The molecule has 26 heavy (non-hydrogen) atoms. The maximum absolute atomic E-state index is 12.6. The van der Waals surface area contributed by atoms with E-state index in [4.69, 9.17) is 16.0 Å². The number of anilines is 1. The number of Topliss-reactive ketones (excluding diaryl/α,β-unsaturated/α-hetero) is 1. The van der Waals surface area contributed by atoms with Crippen molar-refractivity contribution in [2.45, 2.75) is 12.0 Å². The number of carbonyl (C=O) groups excluding carboxylic acids is 2. The van der Waals surface area contributed by atoms with Crippen LogP contribution in [0.25, 0.3) is 11.3 Å². The van der Waals surface area contributed by atoms with Crippen molar-refractivity contribution in [2.75, 3.05) is 5.32 Å². The van der Waals surface area contributed by atoms with Gasteiger partial charge < -0.3 is 14.8 Å². The molecule has 0 spiro atoms. The first-order valence-corrected chi connectivity index (χ1v) is 8.37. The summed E-state index contributed by atoms with van der Waals surface area (Å²) in [6.07, 6.45) is -0.399. The Labute approximate surface area is 154 Å². The molecule has 4 rings (SSSR count). The third-order valence-electron chi connectivity index (χ3n) is 4.42. The van der Waals surface area contributed by atoms with Crippen molar-refractivity contribution < 1.29 is 19.1 Å². The Bertz CT molecular complexity index is 1010. The lowest BCUT2D eigenvalue weighted by molar-refractivity contribution is -0.133. The van der Waals surface area contributed by atoms with Crippen LogP contribution in [-0.2, 0) is 10.4 Å². The lowest BCUT2D eigenvalue weighted by atomic mass is 9.89. The monoisotopic (exact) mass is 367 g/mol. The molecule has 1 aromatic heterocycles. The number of hydrogen-bond acceptors (Lipinski definition) is 4. The second kappa shape index (κ2) is 6.12. The number of nitrogens with one attached hydrogen (secondary N) is 1. The Kier molecular flexibility index (Phi) is 3.90. The molecule has 1 amide bonds. The maximum Gasteiger partial charge on any atom is 0.261 e. The topological polar surface area (TPSA) is 79.5 Å². The average molecular weight is 368 g/mol. The number of benzene rings is 2. The Hall–Kier alpha value is -2.89. The molecule has 0 bridgehead atoms. The average Bonchev–Trinajstić information content (AvgIpc) is 3.21. The minimum atomic E-state index is -1.90. The van der Waals surface area contributed by atoms with Gasteiger partial charge in [0, 0.05) is 21.8 Å². The van der Waals surface area contributed by atoms with Crippen LogP contribution in [0.5, 0.6) is 0 Å². The van der Waals surface area contributed by atoms with E-state index < -0.39 is 23.7 Å². The number of ketones is 1. The number of hydrogen-bond donors (Lipinski definition) is 2. The summed E-state index contributed by atoms with van der Waals surface area (Å²) in [6.45, 7) is 0. The van der Waals surface area contributed by atoms with E-state index in [1.807, 2.05) is 0 Å². The van der Waals surface area contributed by atoms with Crippen LogP contribution in [0.15, 0.2) is 65.1 Å². The van der Waals surface area contributed by atoms with Gasteiger partial charge >= 0.3 is 0 Å². The molecule has 6 heteroatoms. The molecule has 0 fully saturated rings. The minimum absolute atomic E-state index is 0.0838. The van der Waals surface area contributed by atoms with Crippen LogP contribution in [0.3, 0.4) is 0 Å². The van der Waals surface area contributed by atoms with Gasteiger partial charge in [0.15, 0.2) is 11.4 Å². The number of furan rings is 1. The third kappa shape index (κ3) is 2.71. The SMILES string of the molecule is O=C(C[C@@]1(O)C(=O)Nc2ccccc21)c1ccc(-c2ccc(Cl)cc2)o1. The van der Waals surface area contributed by atoms with Crippen molar-refractivity contribution in [2.24, 2.45) is 0 Å². The van der Waals surface area contributed by atoms with Crippen LogP contribution in [0.4, 0.5) is 5.69 Å². The Balaban J connectivity index is 1.59. The van der Waals surface area contributed by atoms with Crippen LogP contribution in [0.2, 0.25) is 5.02 Å². The van der Waals surface area contributed by atoms with E-state index in [0.717, 1.165) is 5.56 Å². The van der Waals surface area contributed by atoms with Crippen molar-refractivity contribution in [1.82, 2.24) is 0 Å². The van der Waals surface area contributed by atoms with Gasteiger partial charge in [-0.05, 0) is 42.5 Å². The normalized spacial score (nSPS) is 18.5. The van der Waals surface area contributed by atoms with Gasteiger partial charge in [0.25, 0.3) is 5.91 Å². The molecule has 0 aliphatic carbocycles. The van der Waals surface area contributed by atoms with Gasteiger partial charge in [-0.15, -0.1) is 0 Å². The molecular formula is C20H14ClNO4. The van der Waals surface area contributed by atoms with E-state index in [1.165, 1.54) is 6.07 Å². The van der Waals surface area contributed by atoms with Gasteiger partial charge in [-0.2, -0.15) is 0 Å². The predicted octanol–water partition coefficient (Wildman–Crippen LogP) is 4.01. The van der Waals surface area contributed by atoms with E-state index in [0.29, 0.717) is 22.0 Å². The summed E-state index contributed by atoms with van der Waals surface area (Å²) in [7, 11) is 0. The molecular weight excluding hydrogens is 354 g/mol. The molecule has 0 saturated carbocycles. The summed E-state index contributed by atoms with van der Waals surface area (Å²) in [5.41, 5.74) is -0.228. The van der Waals surface area contributed by atoms with Crippen molar-refractivity contribution in [3.8, 4) is 11.3 Å². The zero-order valence-electron chi connectivity index (χ0n) is 13.5. The molecule has 0 saturated heterocycles. The molecule has 5 nitrogen and oxygen atoms in total. The lowest BCUT2D eigenvalue weighted by Crippen LogP contribution is -2.36. The summed E-state index contributed by atoms with van der Waals surface area (Å²) in [6, 6.07) is 17.0. The number of fused-ring (bicyclic) bond motifs is 1. The van der Waals surface area contributed by atoms with Crippen molar-refractivity contribution >= 4 is 29.0 Å². The summed E-state index contributed by atoms with van der Waals surface area (Å²) in [4.78, 5) is 24.8. The van der Waals surface area contributed by atoms with Crippen molar-refractivity contribution in [1.29, 1.82) is 0 Å². The zero-order chi connectivity index (χ0) is 18.3. The van der Waals surface area contributed by atoms with Crippen molar-refractivity contribution in [3.63, 3.8) is 0 Å². The first kappa shape index (κ1) is 16.6. The molecule has 130 valence electrons. The second-order valence-corrected chi connectivity index (χ2v) is 6.57. The predicted molar refractivity (Wildman–Crippen MR) is 97.1 cm³/mol. The van der Waals surface area contributed by atoms with Gasteiger partial charge in [0.05, 0.1) is 6.42 Å². The van der Waals surface area contributed by atoms with Gasteiger partial charge in [-0.1, -0.05) is 29.8 Å². The smallest absolute Gasteiger partial charge is 0.261 e. The first-order chi connectivity index (χ1) is 12.5. The second-order valence-electron chi connectivity index (χ2n) is 6.13. The Morgan fingerprint density at radius 2 is 1.81 bits per heavy atom. The lowest BCUT2D eigenvalue weighted by Gasteiger charge is -2.19. The number of para-hydroxylation sites is 1. The maximum atomic E-state index is 12.6. The van der Waals surface area contributed by atoms with Crippen LogP contribution >= 0.6 is 11.6 Å². The minimum Gasteiger partial charge on any atom is -0.453 e. The zero-order valence-corrected chi connectivity index (χ0v) is 14.3. The molecule has 2 heterocycles. The quantitative estimate of drug-likeness (QED) is 0.683. The Morgan fingerprint density at radius 1 is 1.08 bits per heavy atom. The summed E-state index contributed by atoms with van der Waals surface area (Å²) < 4.78 is 5.61. The van der Waals surface area contributed by atoms with Gasteiger partial charge in [-0.25, -0.2) is 0 Å². The third-order valence-corrected chi connectivity index (χ3v) is 4.67. The van der Waals surface area contributed by atoms with Crippen LogP contribution in [0, 0.1) is 0 Å². The molecule has 1 aliphatic rings. The fourth-order valence-corrected chi connectivity index (χ4v) is 3.18. The van der Waals surface area contributed by atoms with E-state index in [2.05, 4.69) is 5.32 Å². The summed E-state index contributed by atoms with van der Waals surface area (Å²) >= 11 is 5.87. The van der Waals surface area contributed by atoms with Crippen LogP contribution < -0.4 is 5.32 Å². The highest BCUT2D eigenvalue weighted by Gasteiger charge is 2.47. The fraction of sp³-hybridized carbons (Fsp3) is 0.100. The molecule has 2 N–H and O–H groups in total. The standard InChI is InChI=1S/C20H14ClNO4/c21-13-7-5-12(6-8-13)17-9-10-18(26-17)16(23)11-20(25)14-3-1-2-4-15(14)22-19(20)24/h1-10,25H,11H2,(H,22,24)/t20-/m0/s1. The highest BCUT2D eigenvalue weighted by Crippen LogP contribution is 2.39. The van der Waals surface area contributed by atoms with Gasteiger partial charge in [0.1, 0.15) is 5.76 Å². The largest absolute Gasteiger partial charge is 0.453 e. The fourth-order valence-electron chi connectivity index (χ4n) is 3.05. The highest BCUT2D eigenvalue weighted by molar-refractivity contribution is 6.30. The highest BCUT2D eigenvalue weighted by atomic mass is 35.5. The number of carbonyl (C=O) groups is 2. The number of rotatable bonds is 4. The number of aliphatic hydroxyl groups is 1. The van der Waals surface area contributed by atoms with Gasteiger partial charge in [0.2, 0.25) is 5.78 Å². The number of amides is 1. The molecule has 1 aliphatic heterocycles. The summed E-state index contributed by atoms with van der Waals surface area (Å²) in [5, 5.41) is 14.0. The van der Waals surface area contributed by atoms with E-state index >= 15 is 0 Å². The number of halogens is 1. The first-order valence-electron chi connectivity index (χ1n) is 8.00. The Morgan fingerprint density at radius 3 is 2.58 bits per heavy atom. The van der Waals surface area contributed by atoms with E-state index in [1.54, 1.807) is 54.6 Å². The van der Waals surface area contributed by atoms with Gasteiger partial charge in [-0.3, -0.25) is 9.59 Å². The molecule has 0 unspecified atom stereocenters. The molecule has 0 radical (unpaired) electrons. The van der Waals surface area contributed by atoms with E-state index in [9.17, 15) is 14.7 Å². The van der Waals surface area contributed by atoms with Crippen molar-refractivity contribution in [3.05, 3.63) is 77.0 Å². The summed E-state index contributed by atoms with van der Waals surface area (Å²) in [5.74, 6) is -0.482. The molecule has 1 atom stereocenters. The molecule has 3 aromatic rings. The molecule has 2 aromatic carbocycles.